The van der Waals surface area contributed by atoms with E-state index >= 15 is 0 Å². The van der Waals surface area contributed by atoms with Crippen LogP contribution in [0.5, 0.6) is 5.75 Å². The summed E-state index contributed by atoms with van der Waals surface area (Å²) in [5.74, 6) is 0.704. The van der Waals surface area contributed by atoms with E-state index in [-0.39, 0.29) is 6.61 Å². The molecule has 12 heavy (non-hydrogen) atoms. The molecule has 0 aromatic heterocycles. The summed E-state index contributed by atoms with van der Waals surface area (Å²) in [5, 5.41) is 8.91. The molecule has 0 aliphatic heterocycles. The molecule has 2 nitrogen and oxygen atoms in total. The lowest BCUT2D eigenvalue weighted by Gasteiger charge is -2.06. The van der Waals surface area contributed by atoms with Crippen LogP contribution < -0.4 is 4.74 Å². The molecule has 0 aliphatic rings. The van der Waals surface area contributed by atoms with Gasteiger partial charge in [-0.15, -0.1) is 0 Å². The highest BCUT2D eigenvalue weighted by Gasteiger charge is 2.00. The number of methoxy groups -OCH3 is 1. The van der Waals surface area contributed by atoms with Crippen molar-refractivity contribution in [2.45, 2.75) is 6.61 Å². The fraction of sp³-hybridized carbons (Fsp3) is 0.200. The summed E-state index contributed by atoms with van der Waals surface area (Å²) in [5.41, 5.74) is 1.78. The van der Waals surface area contributed by atoms with Crippen molar-refractivity contribution in [3.63, 3.8) is 0 Å². The highest BCUT2D eigenvalue weighted by atomic mass is 16.5. The van der Waals surface area contributed by atoms with Gasteiger partial charge >= 0.3 is 0 Å². The lowest BCUT2D eigenvalue weighted by molar-refractivity contribution is 0.274. The topological polar surface area (TPSA) is 29.5 Å². The Morgan fingerprint density at radius 3 is 2.83 bits per heavy atom. The van der Waals surface area contributed by atoms with Crippen molar-refractivity contribution >= 4 is 6.08 Å². The number of ether oxygens (including phenoxy) is 1. The van der Waals surface area contributed by atoms with Gasteiger partial charge in [0, 0.05) is 5.56 Å². The van der Waals surface area contributed by atoms with Crippen LogP contribution in [0.2, 0.25) is 0 Å². The molecule has 64 valence electrons. The van der Waals surface area contributed by atoms with E-state index in [1.165, 1.54) is 0 Å². The molecule has 1 aromatic rings. The molecule has 0 aliphatic carbocycles. The third-order valence-corrected chi connectivity index (χ3v) is 1.72. The number of hydrogen-bond donors (Lipinski definition) is 1. The quantitative estimate of drug-likeness (QED) is 0.738. The average Bonchev–Trinajstić information content (AvgIpc) is 2.16. The summed E-state index contributed by atoms with van der Waals surface area (Å²) in [6, 6.07) is 5.56. The van der Waals surface area contributed by atoms with Crippen LogP contribution in [0.4, 0.5) is 0 Å². The maximum Gasteiger partial charge on any atom is 0.124 e. The largest absolute Gasteiger partial charge is 0.496 e. The molecule has 0 saturated carbocycles. The summed E-state index contributed by atoms with van der Waals surface area (Å²) in [4.78, 5) is 0. The molecule has 0 bridgehead atoms. The fourth-order valence-corrected chi connectivity index (χ4v) is 1.02. The van der Waals surface area contributed by atoms with Gasteiger partial charge in [0.2, 0.25) is 0 Å². The van der Waals surface area contributed by atoms with Crippen LogP contribution in [0.1, 0.15) is 11.1 Å². The maximum atomic E-state index is 8.91. The summed E-state index contributed by atoms with van der Waals surface area (Å²) in [6.45, 7) is 3.64. The molecule has 0 amide bonds. The molecule has 0 unspecified atom stereocenters. The number of rotatable bonds is 3. The van der Waals surface area contributed by atoms with E-state index in [0.29, 0.717) is 5.75 Å². The first-order valence-electron chi connectivity index (χ1n) is 3.72. The second-order valence-corrected chi connectivity index (χ2v) is 2.43. The Labute approximate surface area is 72.1 Å². The first-order chi connectivity index (χ1) is 5.81. The zero-order valence-corrected chi connectivity index (χ0v) is 7.08. The Balaban J connectivity index is 3.10. The van der Waals surface area contributed by atoms with Gasteiger partial charge in [-0.1, -0.05) is 24.8 Å². The summed E-state index contributed by atoms with van der Waals surface area (Å²) >= 11 is 0. The molecule has 2 heteroatoms. The van der Waals surface area contributed by atoms with Gasteiger partial charge in [0.1, 0.15) is 5.75 Å². The average molecular weight is 164 g/mol. The molecule has 0 spiro atoms. The lowest BCUT2D eigenvalue weighted by atomic mass is 10.1. The van der Waals surface area contributed by atoms with Gasteiger partial charge in [-0.05, 0) is 11.6 Å². The molecule has 0 saturated heterocycles. The summed E-state index contributed by atoms with van der Waals surface area (Å²) in [7, 11) is 1.58. The van der Waals surface area contributed by atoms with Crippen molar-refractivity contribution in [2.24, 2.45) is 0 Å². The van der Waals surface area contributed by atoms with Crippen molar-refractivity contribution < 1.29 is 9.84 Å². The van der Waals surface area contributed by atoms with Crippen LogP contribution >= 0.6 is 0 Å². The van der Waals surface area contributed by atoms with Gasteiger partial charge in [-0.3, -0.25) is 0 Å². The normalized spacial score (nSPS) is 9.50. The van der Waals surface area contributed by atoms with Crippen molar-refractivity contribution in [3.8, 4) is 5.75 Å². The molecular formula is C10H12O2. The van der Waals surface area contributed by atoms with Crippen LogP contribution in [0.3, 0.4) is 0 Å². The monoisotopic (exact) mass is 164 g/mol. The zero-order chi connectivity index (χ0) is 8.97. The number of hydrogen-bond acceptors (Lipinski definition) is 2. The minimum absolute atomic E-state index is 0.000591. The van der Waals surface area contributed by atoms with Crippen molar-refractivity contribution in [2.75, 3.05) is 7.11 Å². The Hall–Kier alpha value is -1.28. The molecule has 1 aromatic carbocycles. The molecule has 1 N–H and O–H groups in total. The van der Waals surface area contributed by atoms with Crippen molar-refractivity contribution in [1.29, 1.82) is 0 Å². The van der Waals surface area contributed by atoms with Gasteiger partial charge < -0.3 is 9.84 Å². The van der Waals surface area contributed by atoms with E-state index in [1.807, 2.05) is 18.2 Å². The first-order valence-corrected chi connectivity index (χ1v) is 3.72. The molecule has 0 radical (unpaired) electrons. The standard InChI is InChI=1S/C10H12O2/c1-3-8-4-5-9(7-11)10(6-8)12-2/h3-6,11H,1,7H2,2H3. The van der Waals surface area contributed by atoms with Gasteiger partial charge in [-0.25, -0.2) is 0 Å². The number of aliphatic hydroxyl groups is 1. The Morgan fingerprint density at radius 1 is 1.58 bits per heavy atom. The number of aliphatic hydroxyl groups excluding tert-OH is 1. The minimum Gasteiger partial charge on any atom is -0.496 e. The highest BCUT2D eigenvalue weighted by molar-refractivity contribution is 5.52. The molecule has 0 fully saturated rings. The smallest absolute Gasteiger partial charge is 0.124 e. The van der Waals surface area contributed by atoms with E-state index in [9.17, 15) is 0 Å². The fourth-order valence-electron chi connectivity index (χ4n) is 1.02. The molecular weight excluding hydrogens is 152 g/mol. The van der Waals surface area contributed by atoms with E-state index in [2.05, 4.69) is 6.58 Å². The van der Waals surface area contributed by atoms with Crippen LogP contribution in [0.25, 0.3) is 6.08 Å². The summed E-state index contributed by atoms with van der Waals surface area (Å²) < 4.78 is 5.07. The van der Waals surface area contributed by atoms with Crippen LogP contribution in [0, 0.1) is 0 Å². The first kappa shape index (κ1) is 8.81. The van der Waals surface area contributed by atoms with Gasteiger partial charge in [0.25, 0.3) is 0 Å². The van der Waals surface area contributed by atoms with Crippen molar-refractivity contribution in [3.05, 3.63) is 35.9 Å². The van der Waals surface area contributed by atoms with E-state index in [0.717, 1.165) is 11.1 Å². The molecule has 0 atom stereocenters. The minimum atomic E-state index is 0.000591. The van der Waals surface area contributed by atoms with E-state index in [4.69, 9.17) is 9.84 Å². The third kappa shape index (κ3) is 1.66. The second-order valence-electron chi connectivity index (χ2n) is 2.43. The van der Waals surface area contributed by atoms with Crippen LogP contribution in [-0.4, -0.2) is 12.2 Å². The predicted molar refractivity (Wildman–Crippen MR) is 49.0 cm³/mol. The second kappa shape index (κ2) is 3.93. The predicted octanol–water partition coefficient (Wildman–Crippen LogP) is 1.83. The Bertz CT molecular complexity index is 279. The van der Waals surface area contributed by atoms with E-state index in [1.54, 1.807) is 13.2 Å². The van der Waals surface area contributed by atoms with Crippen LogP contribution in [-0.2, 0) is 6.61 Å². The summed E-state index contributed by atoms with van der Waals surface area (Å²) in [6.07, 6.45) is 1.74. The van der Waals surface area contributed by atoms with Gasteiger partial charge in [0.05, 0.1) is 13.7 Å². The maximum absolute atomic E-state index is 8.91. The lowest BCUT2D eigenvalue weighted by Crippen LogP contribution is -1.91. The molecule has 0 heterocycles. The number of benzene rings is 1. The van der Waals surface area contributed by atoms with Gasteiger partial charge in [0.15, 0.2) is 0 Å². The van der Waals surface area contributed by atoms with Gasteiger partial charge in [-0.2, -0.15) is 0 Å². The molecule has 1 rings (SSSR count). The third-order valence-electron chi connectivity index (χ3n) is 1.72. The van der Waals surface area contributed by atoms with E-state index < -0.39 is 0 Å². The SMILES string of the molecule is C=Cc1ccc(CO)c(OC)c1. The van der Waals surface area contributed by atoms with Crippen LogP contribution in [0.15, 0.2) is 24.8 Å². The van der Waals surface area contributed by atoms with Crippen molar-refractivity contribution in [1.82, 2.24) is 0 Å². The highest BCUT2D eigenvalue weighted by Crippen LogP contribution is 2.20. The Kier molecular flexibility index (Phi) is 2.88. The Morgan fingerprint density at radius 2 is 2.33 bits per heavy atom. The zero-order valence-electron chi connectivity index (χ0n) is 7.08.